The highest BCUT2D eigenvalue weighted by Gasteiger charge is 2.07. The molecule has 0 spiro atoms. The molecule has 1 aromatic rings. The molecule has 1 aromatic carbocycles. The second-order valence-electron chi connectivity index (χ2n) is 3.31. The van der Waals surface area contributed by atoms with Crippen molar-refractivity contribution in [1.82, 2.24) is 0 Å². The molecule has 1 radical (unpaired) electrons. The van der Waals surface area contributed by atoms with Crippen molar-refractivity contribution in [2.24, 2.45) is 0 Å². The fourth-order valence-electron chi connectivity index (χ4n) is 1.79. The van der Waals surface area contributed by atoms with Gasteiger partial charge in [-0.3, -0.25) is 0 Å². The van der Waals surface area contributed by atoms with E-state index in [-0.39, 0.29) is 0 Å². The molecule has 0 heterocycles. The maximum absolute atomic E-state index is 3.93. The van der Waals surface area contributed by atoms with E-state index in [0.29, 0.717) is 0 Å². The van der Waals surface area contributed by atoms with Crippen LogP contribution in [0.25, 0.3) is 0 Å². The molecule has 0 nitrogen and oxygen atoms in total. The van der Waals surface area contributed by atoms with Crippen molar-refractivity contribution in [3.05, 3.63) is 41.8 Å². The van der Waals surface area contributed by atoms with E-state index < -0.39 is 0 Å². The van der Waals surface area contributed by atoms with Gasteiger partial charge in [0.05, 0.1) is 0 Å². The smallest absolute Gasteiger partial charge is 0.0238 e. The van der Waals surface area contributed by atoms with Crippen LogP contribution in [0.2, 0.25) is 0 Å². The maximum atomic E-state index is 3.93. The predicted octanol–water partition coefficient (Wildman–Crippen LogP) is 2.75. The molecule has 0 atom stereocenters. The third-order valence-electron chi connectivity index (χ3n) is 2.41. The third kappa shape index (κ3) is 1.30. The van der Waals surface area contributed by atoms with Crippen molar-refractivity contribution in [2.45, 2.75) is 25.7 Å². The summed E-state index contributed by atoms with van der Waals surface area (Å²) in [6.45, 7) is 3.93. The standard InChI is InChI=1S/C11H13/c1-9-6-7-10-4-2-3-5-11(10)8-9/h6-8H,1-5H2. The van der Waals surface area contributed by atoms with E-state index in [1.807, 2.05) is 0 Å². The summed E-state index contributed by atoms with van der Waals surface area (Å²) in [4.78, 5) is 0. The first-order valence-corrected chi connectivity index (χ1v) is 4.30. The SMILES string of the molecule is [CH2]c1ccc2c(c1)CCCC2. The minimum Gasteiger partial charge on any atom is -0.0587 e. The Morgan fingerprint density at radius 2 is 1.73 bits per heavy atom. The monoisotopic (exact) mass is 145 g/mol. The van der Waals surface area contributed by atoms with E-state index >= 15 is 0 Å². The lowest BCUT2D eigenvalue weighted by atomic mass is 9.91. The predicted molar refractivity (Wildman–Crippen MR) is 47.5 cm³/mol. The number of aryl methyl sites for hydroxylation is 2. The molecule has 0 saturated carbocycles. The van der Waals surface area contributed by atoms with Gasteiger partial charge in [-0.15, -0.1) is 0 Å². The van der Waals surface area contributed by atoms with Crippen LogP contribution in [0.1, 0.15) is 29.5 Å². The van der Waals surface area contributed by atoms with Gasteiger partial charge in [-0.1, -0.05) is 18.2 Å². The molecule has 0 heteroatoms. The summed E-state index contributed by atoms with van der Waals surface area (Å²) < 4.78 is 0. The first-order valence-electron chi connectivity index (χ1n) is 4.30. The molecule has 0 saturated heterocycles. The van der Waals surface area contributed by atoms with E-state index in [1.165, 1.54) is 31.2 Å². The average molecular weight is 145 g/mol. The fraction of sp³-hybridized carbons (Fsp3) is 0.364. The number of fused-ring (bicyclic) bond motifs is 1. The van der Waals surface area contributed by atoms with Crippen LogP contribution in [0.5, 0.6) is 0 Å². The highest BCUT2D eigenvalue weighted by Crippen LogP contribution is 2.21. The molecule has 0 bridgehead atoms. The van der Waals surface area contributed by atoms with Crippen molar-refractivity contribution in [3.63, 3.8) is 0 Å². The Hall–Kier alpha value is -0.780. The molecule has 0 fully saturated rings. The lowest BCUT2D eigenvalue weighted by Crippen LogP contribution is -2.01. The van der Waals surface area contributed by atoms with Crippen LogP contribution in [0.3, 0.4) is 0 Å². The zero-order valence-corrected chi connectivity index (χ0v) is 6.77. The van der Waals surface area contributed by atoms with Crippen LogP contribution in [0.4, 0.5) is 0 Å². The third-order valence-corrected chi connectivity index (χ3v) is 2.41. The molecule has 57 valence electrons. The van der Waals surface area contributed by atoms with Gasteiger partial charge in [0.2, 0.25) is 0 Å². The zero-order chi connectivity index (χ0) is 7.68. The summed E-state index contributed by atoms with van der Waals surface area (Å²) >= 11 is 0. The van der Waals surface area contributed by atoms with Gasteiger partial charge < -0.3 is 0 Å². The zero-order valence-electron chi connectivity index (χ0n) is 6.77. The Morgan fingerprint density at radius 1 is 1.00 bits per heavy atom. The van der Waals surface area contributed by atoms with Crippen molar-refractivity contribution in [1.29, 1.82) is 0 Å². The summed E-state index contributed by atoms with van der Waals surface area (Å²) in [5.41, 5.74) is 4.23. The highest BCUT2D eigenvalue weighted by molar-refractivity contribution is 5.34. The molecule has 0 unspecified atom stereocenters. The van der Waals surface area contributed by atoms with Gasteiger partial charge in [0.1, 0.15) is 0 Å². The van der Waals surface area contributed by atoms with E-state index in [2.05, 4.69) is 25.1 Å². The number of hydrogen-bond donors (Lipinski definition) is 0. The van der Waals surface area contributed by atoms with Crippen LogP contribution in [-0.4, -0.2) is 0 Å². The number of hydrogen-bond acceptors (Lipinski definition) is 0. The quantitative estimate of drug-likeness (QED) is 0.526. The van der Waals surface area contributed by atoms with Crippen LogP contribution >= 0.6 is 0 Å². The second kappa shape index (κ2) is 2.69. The average Bonchev–Trinajstić information content (AvgIpc) is 2.04. The van der Waals surface area contributed by atoms with Gasteiger partial charge in [0.25, 0.3) is 0 Å². The summed E-state index contributed by atoms with van der Waals surface area (Å²) in [6, 6.07) is 6.58. The van der Waals surface area contributed by atoms with Crippen molar-refractivity contribution in [2.75, 3.05) is 0 Å². The van der Waals surface area contributed by atoms with Crippen LogP contribution in [-0.2, 0) is 12.8 Å². The van der Waals surface area contributed by atoms with Crippen molar-refractivity contribution in [3.8, 4) is 0 Å². The van der Waals surface area contributed by atoms with E-state index in [9.17, 15) is 0 Å². The van der Waals surface area contributed by atoms with Gasteiger partial charge in [-0.25, -0.2) is 0 Å². The lowest BCUT2D eigenvalue weighted by Gasteiger charge is -2.15. The van der Waals surface area contributed by atoms with Gasteiger partial charge in [-0.05, 0) is 49.3 Å². The summed E-state index contributed by atoms with van der Waals surface area (Å²) in [6.07, 6.45) is 5.26. The summed E-state index contributed by atoms with van der Waals surface area (Å²) in [5.74, 6) is 0. The normalized spacial score (nSPS) is 16.1. The Labute approximate surface area is 68.3 Å². The lowest BCUT2D eigenvalue weighted by molar-refractivity contribution is 0.685. The first kappa shape index (κ1) is 6.90. The molecule has 1 aliphatic rings. The maximum Gasteiger partial charge on any atom is -0.0238 e. The van der Waals surface area contributed by atoms with Crippen LogP contribution < -0.4 is 0 Å². The van der Waals surface area contributed by atoms with Gasteiger partial charge in [0, 0.05) is 0 Å². The van der Waals surface area contributed by atoms with Gasteiger partial charge >= 0.3 is 0 Å². The van der Waals surface area contributed by atoms with Crippen molar-refractivity contribution >= 4 is 0 Å². The molecule has 1 aliphatic carbocycles. The Bertz CT molecular complexity index is 261. The first-order chi connectivity index (χ1) is 5.36. The molecular weight excluding hydrogens is 132 g/mol. The number of rotatable bonds is 0. The van der Waals surface area contributed by atoms with Crippen LogP contribution in [0, 0.1) is 6.92 Å². The molecule has 0 aromatic heterocycles. The largest absolute Gasteiger partial charge is 0.0587 e. The Kier molecular flexibility index (Phi) is 1.69. The Balaban J connectivity index is 2.43. The molecule has 2 rings (SSSR count). The topological polar surface area (TPSA) is 0 Å². The molecule has 0 N–H and O–H groups in total. The highest BCUT2D eigenvalue weighted by atomic mass is 14.1. The number of benzene rings is 1. The molecule has 0 aliphatic heterocycles. The molecule has 11 heavy (non-hydrogen) atoms. The molecular formula is C11H13. The van der Waals surface area contributed by atoms with Crippen molar-refractivity contribution < 1.29 is 0 Å². The molecule has 0 amide bonds. The second-order valence-corrected chi connectivity index (χ2v) is 3.31. The summed E-state index contributed by atoms with van der Waals surface area (Å²) in [7, 11) is 0. The minimum atomic E-state index is 1.16. The van der Waals surface area contributed by atoms with E-state index in [1.54, 1.807) is 5.56 Å². The van der Waals surface area contributed by atoms with Gasteiger partial charge in [0.15, 0.2) is 0 Å². The summed E-state index contributed by atoms with van der Waals surface area (Å²) in [5, 5.41) is 0. The minimum absolute atomic E-state index is 1.16. The fourth-order valence-corrected chi connectivity index (χ4v) is 1.79. The van der Waals surface area contributed by atoms with E-state index in [0.717, 1.165) is 5.56 Å². The Morgan fingerprint density at radius 3 is 2.55 bits per heavy atom. The van der Waals surface area contributed by atoms with Crippen LogP contribution in [0.15, 0.2) is 18.2 Å². The van der Waals surface area contributed by atoms with Gasteiger partial charge in [-0.2, -0.15) is 0 Å². The van der Waals surface area contributed by atoms with E-state index in [4.69, 9.17) is 0 Å².